The second kappa shape index (κ2) is 11.8. The number of likely N-dealkylation sites (tertiary alicyclic amines) is 1. The third kappa shape index (κ3) is 6.49. The molecule has 0 aromatic carbocycles. The van der Waals surface area contributed by atoms with Crippen molar-refractivity contribution in [1.82, 2.24) is 20.4 Å². The first-order valence-corrected chi connectivity index (χ1v) is 10.4. The SMILES string of the molecule is CN=C(NCCC(=O)N1CCCCC1C)NCC1(C(=O)N(C)C)CCCC1.I. The van der Waals surface area contributed by atoms with E-state index in [4.69, 9.17) is 0 Å². The Hall–Kier alpha value is -1.06. The first-order chi connectivity index (χ1) is 12.9. The highest BCUT2D eigenvalue weighted by Crippen LogP contribution is 2.38. The van der Waals surface area contributed by atoms with E-state index in [1.165, 1.54) is 6.42 Å². The second-order valence-corrected chi connectivity index (χ2v) is 8.22. The number of piperidine rings is 1. The van der Waals surface area contributed by atoms with Crippen LogP contribution >= 0.6 is 24.0 Å². The maximum Gasteiger partial charge on any atom is 0.230 e. The number of guanidine groups is 1. The summed E-state index contributed by atoms with van der Waals surface area (Å²) in [4.78, 5) is 33.0. The number of aliphatic imine (C=N–C) groups is 1. The van der Waals surface area contributed by atoms with Crippen LogP contribution in [0.5, 0.6) is 0 Å². The molecule has 2 rings (SSSR count). The number of halogens is 1. The van der Waals surface area contributed by atoms with Crippen LogP contribution in [0.25, 0.3) is 0 Å². The predicted octanol–water partition coefficient (Wildman–Crippen LogP) is 2.21. The number of nitrogens with one attached hydrogen (secondary N) is 2. The monoisotopic (exact) mass is 507 g/mol. The van der Waals surface area contributed by atoms with Gasteiger partial charge in [0.25, 0.3) is 0 Å². The van der Waals surface area contributed by atoms with Crippen molar-refractivity contribution in [3.8, 4) is 0 Å². The maximum absolute atomic E-state index is 12.7. The van der Waals surface area contributed by atoms with Gasteiger partial charge in [-0.05, 0) is 39.0 Å². The van der Waals surface area contributed by atoms with Crippen molar-refractivity contribution in [2.24, 2.45) is 10.4 Å². The topological polar surface area (TPSA) is 77.0 Å². The lowest BCUT2D eigenvalue weighted by Gasteiger charge is -2.33. The first kappa shape index (κ1) is 25.0. The van der Waals surface area contributed by atoms with Gasteiger partial charge in [-0.2, -0.15) is 0 Å². The summed E-state index contributed by atoms with van der Waals surface area (Å²) < 4.78 is 0. The number of hydrogen-bond donors (Lipinski definition) is 2. The van der Waals surface area contributed by atoms with Gasteiger partial charge in [0, 0.05) is 53.2 Å². The quantitative estimate of drug-likeness (QED) is 0.329. The zero-order valence-corrected chi connectivity index (χ0v) is 20.3. The summed E-state index contributed by atoms with van der Waals surface area (Å²) >= 11 is 0. The van der Waals surface area contributed by atoms with Gasteiger partial charge < -0.3 is 20.4 Å². The van der Waals surface area contributed by atoms with Crippen LogP contribution in [0.15, 0.2) is 4.99 Å². The summed E-state index contributed by atoms with van der Waals surface area (Å²) in [5, 5.41) is 6.55. The summed E-state index contributed by atoms with van der Waals surface area (Å²) in [6.07, 6.45) is 7.91. The lowest BCUT2D eigenvalue weighted by atomic mass is 9.84. The summed E-state index contributed by atoms with van der Waals surface area (Å²) in [6.45, 7) is 4.15. The molecule has 1 unspecified atom stereocenters. The van der Waals surface area contributed by atoms with Crippen molar-refractivity contribution < 1.29 is 9.59 Å². The molecule has 0 aromatic heterocycles. The zero-order chi connectivity index (χ0) is 19.9. The predicted molar refractivity (Wildman–Crippen MR) is 124 cm³/mol. The van der Waals surface area contributed by atoms with Gasteiger partial charge in [-0.1, -0.05) is 12.8 Å². The molecule has 1 aliphatic carbocycles. The van der Waals surface area contributed by atoms with Gasteiger partial charge >= 0.3 is 0 Å². The molecule has 1 heterocycles. The molecule has 7 nitrogen and oxygen atoms in total. The molecular formula is C20H38IN5O2. The Morgan fingerprint density at radius 2 is 1.82 bits per heavy atom. The third-order valence-corrected chi connectivity index (χ3v) is 5.99. The van der Waals surface area contributed by atoms with Crippen LogP contribution in [0.3, 0.4) is 0 Å². The van der Waals surface area contributed by atoms with E-state index in [9.17, 15) is 9.59 Å². The number of rotatable bonds is 6. The molecule has 0 bridgehead atoms. The highest BCUT2D eigenvalue weighted by Gasteiger charge is 2.42. The Morgan fingerprint density at radius 3 is 2.39 bits per heavy atom. The van der Waals surface area contributed by atoms with Gasteiger partial charge in [-0.3, -0.25) is 14.6 Å². The van der Waals surface area contributed by atoms with E-state index in [-0.39, 0.29) is 41.2 Å². The summed E-state index contributed by atoms with van der Waals surface area (Å²) in [7, 11) is 5.37. The van der Waals surface area contributed by atoms with Crippen LogP contribution in [0.4, 0.5) is 0 Å². The molecule has 1 aliphatic heterocycles. The molecule has 2 aliphatic rings. The molecule has 8 heteroatoms. The third-order valence-electron chi connectivity index (χ3n) is 5.99. The van der Waals surface area contributed by atoms with Crippen molar-refractivity contribution in [2.75, 3.05) is 40.8 Å². The van der Waals surface area contributed by atoms with E-state index < -0.39 is 0 Å². The Kier molecular flexibility index (Phi) is 10.5. The van der Waals surface area contributed by atoms with Gasteiger partial charge in [0.15, 0.2) is 5.96 Å². The first-order valence-electron chi connectivity index (χ1n) is 10.4. The van der Waals surface area contributed by atoms with Gasteiger partial charge in [0.2, 0.25) is 11.8 Å². The summed E-state index contributed by atoms with van der Waals surface area (Å²) in [5.41, 5.74) is -0.333. The molecule has 28 heavy (non-hydrogen) atoms. The minimum absolute atomic E-state index is 0. The van der Waals surface area contributed by atoms with Crippen molar-refractivity contribution in [3.05, 3.63) is 0 Å². The van der Waals surface area contributed by atoms with E-state index in [1.54, 1.807) is 11.9 Å². The molecule has 162 valence electrons. The van der Waals surface area contributed by atoms with E-state index in [0.717, 1.165) is 45.1 Å². The van der Waals surface area contributed by atoms with E-state index in [2.05, 4.69) is 22.5 Å². The van der Waals surface area contributed by atoms with Crippen LogP contribution in [-0.2, 0) is 9.59 Å². The molecular weight excluding hydrogens is 469 g/mol. The minimum atomic E-state index is -0.333. The largest absolute Gasteiger partial charge is 0.356 e. The fourth-order valence-corrected chi connectivity index (χ4v) is 4.37. The Bertz CT molecular complexity index is 547. The smallest absolute Gasteiger partial charge is 0.230 e. The average molecular weight is 507 g/mol. The molecule has 1 atom stereocenters. The van der Waals surface area contributed by atoms with Crippen molar-refractivity contribution in [2.45, 2.75) is 64.3 Å². The second-order valence-electron chi connectivity index (χ2n) is 8.22. The number of hydrogen-bond acceptors (Lipinski definition) is 3. The van der Waals surface area contributed by atoms with Crippen LogP contribution in [0.2, 0.25) is 0 Å². The summed E-state index contributed by atoms with van der Waals surface area (Å²) in [6, 6.07) is 0.350. The van der Waals surface area contributed by atoms with Gasteiger partial charge in [0.05, 0.1) is 5.41 Å². The standard InChI is InChI=1S/C20H37N5O2.HI/c1-16-9-5-8-14-25(16)17(26)10-13-22-19(21-2)23-15-20(11-6-7-12-20)18(27)24(3)4;/h16H,5-15H2,1-4H3,(H2,21,22,23);1H. The zero-order valence-electron chi connectivity index (χ0n) is 17.9. The van der Waals surface area contributed by atoms with Crippen molar-refractivity contribution >= 4 is 41.8 Å². The molecule has 0 radical (unpaired) electrons. The molecule has 0 aromatic rings. The normalized spacial score (nSPS) is 21.6. The van der Waals surface area contributed by atoms with Crippen LogP contribution in [-0.4, -0.2) is 74.4 Å². The molecule has 0 spiro atoms. The van der Waals surface area contributed by atoms with Crippen molar-refractivity contribution in [1.29, 1.82) is 0 Å². The maximum atomic E-state index is 12.7. The number of carbonyl (C=O) groups excluding carboxylic acids is 2. The molecule has 1 saturated heterocycles. The number of carbonyl (C=O) groups is 2. The van der Waals surface area contributed by atoms with Gasteiger partial charge in [-0.15, -0.1) is 24.0 Å². The van der Waals surface area contributed by atoms with Gasteiger partial charge in [-0.25, -0.2) is 0 Å². The molecule has 2 fully saturated rings. The van der Waals surface area contributed by atoms with Gasteiger partial charge in [0.1, 0.15) is 0 Å². The van der Waals surface area contributed by atoms with Crippen LogP contribution < -0.4 is 10.6 Å². The number of amides is 2. The number of nitrogens with zero attached hydrogens (tertiary/aromatic N) is 3. The fraction of sp³-hybridized carbons (Fsp3) is 0.850. The lowest BCUT2D eigenvalue weighted by Crippen LogP contribution is -2.49. The van der Waals surface area contributed by atoms with E-state index in [1.807, 2.05) is 19.0 Å². The van der Waals surface area contributed by atoms with Crippen molar-refractivity contribution in [3.63, 3.8) is 0 Å². The van der Waals surface area contributed by atoms with Crippen LogP contribution in [0, 0.1) is 5.41 Å². The van der Waals surface area contributed by atoms with E-state index in [0.29, 0.717) is 31.5 Å². The Balaban J connectivity index is 0.00000392. The molecule has 1 saturated carbocycles. The highest BCUT2D eigenvalue weighted by atomic mass is 127. The average Bonchev–Trinajstić information content (AvgIpc) is 3.14. The highest BCUT2D eigenvalue weighted by molar-refractivity contribution is 14.0. The fourth-order valence-electron chi connectivity index (χ4n) is 4.37. The van der Waals surface area contributed by atoms with Crippen LogP contribution in [0.1, 0.15) is 58.3 Å². The minimum Gasteiger partial charge on any atom is -0.356 e. The summed E-state index contributed by atoms with van der Waals surface area (Å²) in [5.74, 6) is 1.06. The lowest BCUT2D eigenvalue weighted by molar-refractivity contribution is -0.139. The van der Waals surface area contributed by atoms with E-state index >= 15 is 0 Å². The Labute approximate surface area is 187 Å². The molecule has 2 N–H and O–H groups in total. The Morgan fingerprint density at radius 1 is 1.14 bits per heavy atom. The molecule has 2 amide bonds.